The van der Waals surface area contributed by atoms with Crippen LogP contribution in [0.4, 0.5) is 0 Å². The Labute approximate surface area is 124 Å². The van der Waals surface area contributed by atoms with Gasteiger partial charge in [-0.05, 0) is 38.0 Å². The van der Waals surface area contributed by atoms with Crippen LogP contribution < -0.4 is 10.6 Å². The summed E-state index contributed by atoms with van der Waals surface area (Å²) in [5.74, 6) is 0.0581. The van der Waals surface area contributed by atoms with E-state index < -0.39 is 0 Å². The van der Waals surface area contributed by atoms with Gasteiger partial charge in [-0.3, -0.25) is 4.79 Å². The van der Waals surface area contributed by atoms with Gasteiger partial charge < -0.3 is 10.6 Å². The van der Waals surface area contributed by atoms with Gasteiger partial charge in [0.15, 0.2) is 0 Å². The van der Waals surface area contributed by atoms with E-state index in [0.717, 1.165) is 17.3 Å². The minimum Gasteiger partial charge on any atom is -0.353 e. The summed E-state index contributed by atoms with van der Waals surface area (Å²) >= 11 is 3.45. The first-order valence-electron chi connectivity index (χ1n) is 6.81. The molecule has 19 heavy (non-hydrogen) atoms. The average Bonchev–Trinajstić information content (AvgIpc) is 2.36. The molecule has 0 spiro atoms. The Bertz CT molecular complexity index is 409. The van der Waals surface area contributed by atoms with Crippen LogP contribution in [0, 0.1) is 0 Å². The highest BCUT2D eigenvalue weighted by atomic mass is 79.9. The van der Waals surface area contributed by atoms with Crippen LogP contribution in [0.2, 0.25) is 0 Å². The molecule has 4 heteroatoms. The van der Waals surface area contributed by atoms with E-state index in [1.807, 2.05) is 19.1 Å². The van der Waals surface area contributed by atoms with Crippen LogP contribution in [-0.4, -0.2) is 18.5 Å². The standard InChI is InChI=1S/C15H23BrN2O/c1-4-6-11(2)18-15(19)10-17-12(3)13-7-5-8-14(16)9-13/h5,7-9,11-12,17H,4,6,10H2,1-3H3,(H,18,19)/t11?,12-/m1/s1. The van der Waals surface area contributed by atoms with E-state index in [4.69, 9.17) is 0 Å². The molecule has 106 valence electrons. The Hall–Kier alpha value is -0.870. The Morgan fingerprint density at radius 3 is 2.74 bits per heavy atom. The van der Waals surface area contributed by atoms with Crippen LogP contribution >= 0.6 is 15.9 Å². The molecule has 0 saturated carbocycles. The van der Waals surface area contributed by atoms with Gasteiger partial charge >= 0.3 is 0 Å². The van der Waals surface area contributed by atoms with Gasteiger partial charge in [0, 0.05) is 16.6 Å². The molecular formula is C15H23BrN2O. The normalized spacial score (nSPS) is 13.9. The third kappa shape index (κ3) is 6.21. The summed E-state index contributed by atoms with van der Waals surface area (Å²) in [5.41, 5.74) is 1.17. The summed E-state index contributed by atoms with van der Waals surface area (Å²) in [5, 5.41) is 6.23. The number of hydrogen-bond acceptors (Lipinski definition) is 2. The highest BCUT2D eigenvalue weighted by Crippen LogP contribution is 2.17. The number of amides is 1. The molecule has 0 heterocycles. The lowest BCUT2D eigenvalue weighted by Gasteiger charge is -2.16. The van der Waals surface area contributed by atoms with Gasteiger partial charge in [-0.25, -0.2) is 0 Å². The van der Waals surface area contributed by atoms with Crippen LogP contribution in [0.15, 0.2) is 28.7 Å². The van der Waals surface area contributed by atoms with Crippen molar-refractivity contribution in [2.45, 2.75) is 45.7 Å². The summed E-state index contributed by atoms with van der Waals surface area (Å²) in [4.78, 5) is 11.7. The molecule has 0 aliphatic rings. The predicted octanol–water partition coefficient (Wildman–Crippen LogP) is 3.40. The Balaban J connectivity index is 2.37. The molecule has 1 amide bonds. The van der Waals surface area contributed by atoms with E-state index in [0.29, 0.717) is 6.54 Å². The molecule has 0 radical (unpaired) electrons. The highest BCUT2D eigenvalue weighted by molar-refractivity contribution is 9.10. The van der Waals surface area contributed by atoms with Gasteiger partial charge in [0.1, 0.15) is 0 Å². The third-order valence-corrected chi connectivity index (χ3v) is 3.54. The topological polar surface area (TPSA) is 41.1 Å². The number of hydrogen-bond donors (Lipinski definition) is 2. The SMILES string of the molecule is CCCC(C)NC(=O)CN[C@H](C)c1cccc(Br)c1. The molecule has 1 aromatic rings. The molecule has 0 fully saturated rings. The zero-order valence-corrected chi connectivity index (χ0v) is 13.5. The van der Waals surface area contributed by atoms with Gasteiger partial charge in [0.05, 0.1) is 6.54 Å². The average molecular weight is 327 g/mol. The second-order valence-electron chi connectivity index (χ2n) is 4.91. The number of benzene rings is 1. The van der Waals surface area contributed by atoms with Gasteiger partial charge in [-0.15, -0.1) is 0 Å². The lowest BCUT2D eigenvalue weighted by molar-refractivity contribution is -0.121. The smallest absolute Gasteiger partial charge is 0.234 e. The van der Waals surface area contributed by atoms with Crippen molar-refractivity contribution in [3.05, 3.63) is 34.3 Å². The molecule has 1 unspecified atom stereocenters. The number of nitrogens with one attached hydrogen (secondary N) is 2. The largest absolute Gasteiger partial charge is 0.353 e. The lowest BCUT2D eigenvalue weighted by Crippen LogP contribution is -2.39. The van der Waals surface area contributed by atoms with Gasteiger partial charge in [-0.2, -0.15) is 0 Å². The molecule has 0 aromatic heterocycles. The molecule has 2 atom stereocenters. The first kappa shape index (κ1) is 16.2. The van der Waals surface area contributed by atoms with Gasteiger partial charge in [0.25, 0.3) is 0 Å². The van der Waals surface area contributed by atoms with Crippen molar-refractivity contribution in [1.29, 1.82) is 0 Å². The maximum Gasteiger partial charge on any atom is 0.234 e. The maximum absolute atomic E-state index is 11.7. The van der Waals surface area contributed by atoms with E-state index >= 15 is 0 Å². The zero-order valence-electron chi connectivity index (χ0n) is 11.9. The predicted molar refractivity (Wildman–Crippen MR) is 83.1 cm³/mol. The van der Waals surface area contributed by atoms with E-state index in [-0.39, 0.29) is 18.0 Å². The molecule has 2 N–H and O–H groups in total. The van der Waals surface area contributed by atoms with Crippen molar-refractivity contribution in [1.82, 2.24) is 10.6 Å². The van der Waals surface area contributed by atoms with Crippen LogP contribution in [0.5, 0.6) is 0 Å². The Kier molecular flexibility index (Phi) is 7.10. The summed E-state index contributed by atoms with van der Waals surface area (Å²) in [6, 6.07) is 8.52. The van der Waals surface area contributed by atoms with E-state index in [2.05, 4.69) is 52.5 Å². The highest BCUT2D eigenvalue weighted by Gasteiger charge is 2.09. The number of halogens is 1. The fraction of sp³-hybridized carbons (Fsp3) is 0.533. The molecule has 3 nitrogen and oxygen atoms in total. The maximum atomic E-state index is 11.7. The van der Waals surface area contributed by atoms with E-state index in [1.165, 1.54) is 5.56 Å². The molecule has 0 aliphatic heterocycles. The van der Waals surface area contributed by atoms with Crippen LogP contribution in [0.1, 0.15) is 45.2 Å². The summed E-state index contributed by atoms with van der Waals surface area (Å²) in [6.07, 6.45) is 2.11. The summed E-state index contributed by atoms with van der Waals surface area (Å²) in [7, 11) is 0. The third-order valence-electron chi connectivity index (χ3n) is 3.05. The molecule has 0 aliphatic carbocycles. The van der Waals surface area contributed by atoms with Crippen molar-refractivity contribution in [3.8, 4) is 0 Å². The second kappa shape index (κ2) is 8.33. The van der Waals surface area contributed by atoms with Crippen LogP contribution in [0.3, 0.4) is 0 Å². The zero-order chi connectivity index (χ0) is 14.3. The molecule has 1 rings (SSSR count). The second-order valence-corrected chi connectivity index (χ2v) is 5.83. The quantitative estimate of drug-likeness (QED) is 0.806. The van der Waals surface area contributed by atoms with Gasteiger partial charge in [-0.1, -0.05) is 41.4 Å². The fourth-order valence-corrected chi connectivity index (χ4v) is 2.39. The monoisotopic (exact) mass is 326 g/mol. The summed E-state index contributed by atoms with van der Waals surface area (Å²) < 4.78 is 1.06. The minimum absolute atomic E-state index is 0.0581. The Morgan fingerprint density at radius 2 is 2.11 bits per heavy atom. The van der Waals surface area contributed by atoms with Gasteiger partial charge in [0.2, 0.25) is 5.91 Å². The van der Waals surface area contributed by atoms with Crippen molar-refractivity contribution in [2.24, 2.45) is 0 Å². The van der Waals surface area contributed by atoms with Crippen molar-refractivity contribution in [2.75, 3.05) is 6.54 Å². The first-order valence-corrected chi connectivity index (χ1v) is 7.60. The van der Waals surface area contributed by atoms with E-state index in [1.54, 1.807) is 0 Å². The van der Waals surface area contributed by atoms with Crippen molar-refractivity contribution >= 4 is 21.8 Å². The minimum atomic E-state index is 0.0581. The molecular weight excluding hydrogens is 304 g/mol. The fourth-order valence-electron chi connectivity index (χ4n) is 1.97. The number of rotatable bonds is 7. The van der Waals surface area contributed by atoms with Crippen LogP contribution in [0.25, 0.3) is 0 Å². The first-order chi connectivity index (χ1) is 9.02. The number of carbonyl (C=O) groups excluding carboxylic acids is 1. The van der Waals surface area contributed by atoms with Crippen molar-refractivity contribution in [3.63, 3.8) is 0 Å². The van der Waals surface area contributed by atoms with E-state index in [9.17, 15) is 4.79 Å². The summed E-state index contributed by atoms with van der Waals surface area (Å²) in [6.45, 7) is 6.57. The molecule has 1 aromatic carbocycles. The Morgan fingerprint density at radius 1 is 1.37 bits per heavy atom. The molecule has 0 saturated heterocycles. The van der Waals surface area contributed by atoms with Crippen molar-refractivity contribution < 1.29 is 4.79 Å². The molecule has 0 bridgehead atoms. The lowest BCUT2D eigenvalue weighted by atomic mass is 10.1. The van der Waals surface area contributed by atoms with Crippen LogP contribution in [-0.2, 0) is 4.79 Å². The number of carbonyl (C=O) groups is 1.